The molecule has 0 radical (unpaired) electrons. The Morgan fingerprint density at radius 2 is 1.77 bits per heavy atom. The average Bonchev–Trinajstić information content (AvgIpc) is 3.44. The highest BCUT2D eigenvalue weighted by atomic mass is 35.5. The molecular weight excluding hydrogens is 408 g/mol. The number of nitrogens with one attached hydrogen (secondary N) is 1. The minimum atomic E-state index is 0.268. The topological polar surface area (TPSA) is 95.3 Å². The number of ether oxygens (including phenoxy) is 3. The normalized spacial score (nSPS) is 10.8. The second kappa shape index (κ2) is 8.46. The third kappa shape index (κ3) is 3.81. The van der Waals surface area contributed by atoms with Crippen LogP contribution < -0.4 is 14.2 Å². The van der Waals surface area contributed by atoms with E-state index >= 15 is 0 Å². The smallest absolute Gasteiger partial charge is 0.294 e. The Morgan fingerprint density at radius 1 is 1.03 bits per heavy atom. The van der Waals surface area contributed by atoms with E-state index in [0.717, 1.165) is 11.3 Å². The molecule has 0 atom stereocenters. The quantitative estimate of drug-likeness (QED) is 0.468. The molecule has 4 aromatic rings. The summed E-state index contributed by atoms with van der Waals surface area (Å²) in [5, 5.41) is 4.76. The first-order valence-corrected chi connectivity index (χ1v) is 9.42. The number of H-pyrrole nitrogens is 1. The molecule has 0 bridgehead atoms. The molecule has 4 rings (SSSR count). The van der Waals surface area contributed by atoms with Crippen LogP contribution in [0.1, 0.15) is 11.3 Å². The Hall–Kier alpha value is -3.52. The molecule has 0 aliphatic rings. The highest BCUT2D eigenvalue weighted by Crippen LogP contribution is 2.40. The molecule has 0 unspecified atom stereocenters. The fraction of sp³-hybridized carbons (Fsp3) is 0.190. The second-order valence-corrected chi connectivity index (χ2v) is 6.77. The van der Waals surface area contributed by atoms with E-state index < -0.39 is 0 Å². The van der Waals surface area contributed by atoms with Crippen LogP contribution in [0.3, 0.4) is 0 Å². The van der Waals surface area contributed by atoms with Crippen LogP contribution >= 0.6 is 11.6 Å². The molecule has 2 aromatic heterocycles. The number of hydrogen-bond acceptors (Lipinski definition) is 7. The third-order valence-electron chi connectivity index (χ3n) is 4.52. The van der Waals surface area contributed by atoms with Crippen LogP contribution in [-0.4, -0.2) is 41.4 Å². The van der Waals surface area contributed by atoms with Crippen LogP contribution in [0.25, 0.3) is 23.1 Å². The fourth-order valence-electron chi connectivity index (χ4n) is 3.05. The predicted octanol–water partition coefficient (Wildman–Crippen LogP) is 4.40. The van der Waals surface area contributed by atoms with E-state index in [2.05, 4.69) is 20.1 Å². The molecule has 154 valence electrons. The maximum absolute atomic E-state index is 6.24. The molecule has 0 amide bonds. The molecule has 0 saturated carbocycles. The lowest BCUT2D eigenvalue weighted by Gasteiger charge is -2.12. The van der Waals surface area contributed by atoms with E-state index in [1.807, 2.05) is 24.3 Å². The molecule has 0 saturated heterocycles. The van der Waals surface area contributed by atoms with Crippen LogP contribution in [0.4, 0.5) is 0 Å². The molecule has 9 heteroatoms. The largest absolute Gasteiger partial charge is 0.493 e. The second-order valence-electron chi connectivity index (χ2n) is 6.36. The first-order valence-electron chi connectivity index (χ1n) is 9.04. The van der Waals surface area contributed by atoms with Crippen molar-refractivity contribution < 1.29 is 18.7 Å². The minimum absolute atomic E-state index is 0.268. The molecular formula is C21H19ClN4O4. The summed E-state index contributed by atoms with van der Waals surface area (Å²) in [4.78, 5) is 12.0. The Kier molecular flexibility index (Phi) is 5.58. The average molecular weight is 427 g/mol. The highest BCUT2D eigenvalue weighted by molar-refractivity contribution is 6.31. The lowest BCUT2D eigenvalue weighted by atomic mass is 10.1. The number of methoxy groups -OCH3 is 3. The van der Waals surface area contributed by atoms with Crippen molar-refractivity contribution in [3.05, 3.63) is 58.9 Å². The molecule has 2 heterocycles. The number of imidazole rings is 1. The third-order valence-corrected chi connectivity index (χ3v) is 4.89. The van der Waals surface area contributed by atoms with E-state index in [1.165, 1.54) is 0 Å². The summed E-state index contributed by atoms with van der Waals surface area (Å²) in [6.07, 6.45) is 2.34. The predicted molar refractivity (Wildman–Crippen MR) is 111 cm³/mol. The molecule has 1 N–H and O–H groups in total. The summed E-state index contributed by atoms with van der Waals surface area (Å²) in [5.41, 5.74) is 2.53. The van der Waals surface area contributed by atoms with Gasteiger partial charge in [-0.25, -0.2) is 4.98 Å². The van der Waals surface area contributed by atoms with Gasteiger partial charge < -0.3 is 23.7 Å². The first kappa shape index (κ1) is 19.8. The van der Waals surface area contributed by atoms with Crippen molar-refractivity contribution in [3.63, 3.8) is 0 Å². The standard InChI is InChI=1S/C21H19ClN4O4/c1-27-16-9-13(10-17(28-2)18(16)29-3)19-25-21(30-26-19)20-23-11-14(24-20)8-12-6-4-5-7-15(12)22/h4-7,9-11H,8H2,1-3H3,(H,23,24). The van der Waals surface area contributed by atoms with Gasteiger partial charge in [-0.2, -0.15) is 4.98 Å². The molecule has 30 heavy (non-hydrogen) atoms. The summed E-state index contributed by atoms with van der Waals surface area (Å²) in [6.45, 7) is 0. The van der Waals surface area contributed by atoms with Gasteiger partial charge in [0.15, 0.2) is 17.3 Å². The van der Waals surface area contributed by atoms with Gasteiger partial charge in [0.25, 0.3) is 5.89 Å². The van der Waals surface area contributed by atoms with Gasteiger partial charge in [-0.05, 0) is 23.8 Å². The lowest BCUT2D eigenvalue weighted by molar-refractivity contribution is 0.324. The molecule has 0 fully saturated rings. The SMILES string of the molecule is COc1cc(-c2noc(-c3ncc(Cc4ccccc4Cl)[nH]3)n2)cc(OC)c1OC. The van der Waals surface area contributed by atoms with Crippen LogP contribution in [0.15, 0.2) is 47.1 Å². The van der Waals surface area contributed by atoms with Crippen molar-refractivity contribution >= 4 is 11.6 Å². The van der Waals surface area contributed by atoms with Gasteiger partial charge in [0.2, 0.25) is 11.6 Å². The fourth-order valence-corrected chi connectivity index (χ4v) is 3.25. The monoisotopic (exact) mass is 426 g/mol. The van der Waals surface area contributed by atoms with Gasteiger partial charge in [0.1, 0.15) is 0 Å². The van der Waals surface area contributed by atoms with Crippen molar-refractivity contribution in [2.24, 2.45) is 0 Å². The number of hydrogen-bond donors (Lipinski definition) is 1. The van der Waals surface area contributed by atoms with Gasteiger partial charge in [0, 0.05) is 28.9 Å². The minimum Gasteiger partial charge on any atom is -0.493 e. The van der Waals surface area contributed by atoms with Crippen LogP contribution in [0.2, 0.25) is 5.02 Å². The first-order chi connectivity index (χ1) is 14.6. The van der Waals surface area contributed by atoms with Gasteiger partial charge >= 0.3 is 0 Å². The summed E-state index contributed by atoms with van der Waals surface area (Å²) in [6, 6.07) is 11.2. The summed E-state index contributed by atoms with van der Waals surface area (Å²) < 4.78 is 21.5. The van der Waals surface area contributed by atoms with E-state index in [0.29, 0.717) is 45.9 Å². The maximum Gasteiger partial charge on any atom is 0.294 e. The van der Waals surface area contributed by atoms with Gasteiger partial charge in [0.05, 0.1) is 21.3 Å². The molecule has 0 aliphatic carbocycles. The van der Waals surface area contributed by atoms with Crippen molar-refractivity contribution in [2.75, 3.05) is 21.3 Å². The lowest BCUT2D eigenvalue weighted by Crippen LogP contribution is -1.96. The van der Waals surface area contributed by atoms with E-state index in [4.69, 9.17) is 30.3 Å². The van der Waals surface area contributed by atoms with Crippen LogP contribution in [-0.2, 0) is 6.42 Å². The summed E-state index contributed by atoms with van der Waals surface area (Å²) in [7, 11) is 4.64. The van der Waals surface area contributed by atoms with Crippen LogP contribution in [0, 0.1) is 0 Å². The summed E-state index contributed by atoms with van der Waals surface area (Å²) in [5.74, 6) is 2.60. The van der Waals surface area contributed by atoms with Crippen LogP contribution in [0.5, 0.6) is 17.2 Å². The molecule has 0 aliphatic heterocycles. The Labute approximate surface area is 177 Å². The maximum atomic E-state index is 6.24. The van der Waals surface area contributed by atoms with E-state index in [1.54, 1.807) is 39.7 Å². The number of nitrogens with zero attached hydrogens (tertiary/aromatic N) is 3. The van der Waals surface area contributed by atoms with Gasteiger partial charge in [-0.1, -0.05) is 35.0 Å². The van der Waals surface area contributed by atoms with E-state index in [-0.39, 0.29) is 5.89 Å². The number of aromatic nitrogens is 4. The zero-order valence-electron chi connectivity index (χ0n) is 16.6. The number of halogens is 1. The summed E-state index contributed by atoms with van der Waals surface area (Å²) >= 11 is 6.24. The van der Waals surface area contributed by atoms with Gasteiger partial charge in [-0.3, -0.25) is 0 Å². The molecule has 8 nitrogen and oxygen atoms in total. The Balaban J connectivity index is 1.61. The zero-order valence-corrected chi connectivity index (χ0v) is 17.4. The number of aromatic amines is 1. The molecule has 2 aromatic carbocycles. The number of benzene rings is 2. The highest BCUT2D eigenvalue weighted by Gasteiger charge is 2.19. The van der Waals surface area contributed by atoms with Crippen molar-refractivity contribution in [1.82, 2.24) is 20.1 Å². The Bertz CT molecular complexity index is 1150. The van der Waals surface area contributed by atoms with E-state index in [9.17, 15) is 0 Å². The van der Waals surface area contributed by atoms with Crippen molar-refractivity contribution in [2.45, 2.75) is 6.42 Å². The molecule has 0 spiro atoms. The van der Waals surface area contributed by atoms with Crippen molar-refractivity contribution in [3.8, 4) is 40.4 Å². The van der Waals surface area contributed by atoms with Crippen molar-refractivity contribution in [1.29, 1.82) is 0 Å². The zero-order chi connectivity index (χ0) is 21.1. The number of rotatable bonds is 7. The Morgan fingerprint density at radius 3 is 2.43 bits per heavy atom. The van der Waals surface area contributed by atoms with Gasteiger partial charge in [-0.15, -0.1) is 0 Å².